The summed E-state index contributed by atoms with van der Waals surface area (Å²) >= 11 is 0. The zero-order valence-electron chi connectivity index (χ0n) is 14.8. The molecule has 3 N–H and O–H groups in total. The van der Waals surface area contributed by atoms with Gasteiger partial charge in [-0.05, 0) is 53.8 Å². The molecule has 3 aromatic rings. The summed E-state index contributed by atoms with van der Waals surface area (Å²) in [4.78, 5) is 24.3. The molecular weight excluding hydrogens is 340 g/mol. The number of amides is 2. The summed E-state index contributed by atoms with van der Waals surface area (Å²) in [5, 5.41) is 2.81. The summed E-state index contributed by atoms with van der Waals surface area (Å²) < 4.78 is 5.21. The fraction of sp³-hybridized carbons (Fsp3) is 0.0909. The van der Waals surface area contributed by atoms with Gasteiger partial charge in [0.05, 0.1) is 11.8 Å². The Morgan fingerprint density at radius 1 is 1.04 bits per heavy atom. The van der Waals surface area contributed by atoms with E-state index in [1.165, 1.54) is 6.26 Å². The number of furan rings is 1. The maximum Gasteiger partial charge on any atom is 0.291 e. The van der Waals surface area contributed by atoms with Crippen molar-refractivity contribution in [3.63, 3.8) is 0 Å². The first-order valence-corrected chi connectivity index (χ1v) is 8.61. The molecule has 5 heteroatoms. The average Bonchev–Trinajstić information content (AvgIpc) is 3.25. The fourth-order valence-electron chi connectivity index (χ4n) is 3.44. The third-order valence-corrected chi connectivity index (χ3v) is 4.76. The van der Waals surface area contributed by atoms with E-state index in [0.717, 1.165) is 27.8 Å². The van der Waals surface area contributed by atoms with Gasteiger partial charge < -0.3 is 15.5 Å². The van der Waals surface area contributed by atoms with Gasteiger partial charge >= 0.3 is 0 Å². The molecule has 2 amide bonds. The summed E-state index contributed by atoms with van der Waals surface area (Å²) in [6.45, 7) is 1.82. The maximum absolute atomic E-state index is 12.3. The molecule has 1 aliphatic rings. The molecule has 2 aromatic carbocycles. The van der Waals surface area contributed by atoms with Gasteiger partial charge in [0, 0.05) is 11.3 Å². The molecule has 4 rings (SSSR count). The van der Waals surface area contributed by atoms with E-state index in [-0.39, 0.29) is 5.91 Å². The Hall–Kier alpha value is -3.60. The minimum absolute atomic E-state index is 0.295. The molecule has 0 unspecified atom stereocenters. The summed E-state index contributed by atoms with van der Waals surface area (Å²) in [7, 11) is 0. The van der Waals surface area contributed by atoms with Gasteiger partial charge in [-0.15, -0.1) is 0 Å². The monoisotopic (exact) mass is 358 g/mol. The predicted octanol–water partition coefficient (Wildman–Crippen LogP) is 3.79. The van der Waals surface area contributed by atoms with Crippen molar-refractivity contribution in [2.45, 2.75) is 13.3 Å². The molecule has 1 aliphatic carbocycles. The van der Waals surface area contributed by atoms with Crippen LogP contribution in [0.5, 0.6) is 0 Å². The standard InChI is InChI=1S/C22H18N2O3/c1-13-10-11-27-20(13)22(26)24-16-8-6-14(7-9-16)18-12-15-4-2-3-5-17(15)19(18)21(23)25/h2-11H,12H2,1H3,(H2,23,25)(H,24,26). The zero-order valence-corrected chi connectivity index (χ0v) is 14.8. The van der Waals surface area contributed by atoms with Gasteiger partial charge in [-0.1, -0.05) is 36.4 Å². The van der Waals surface area contributed by atoms with E-state index in [1.807, 2.05) is 43.3 Å². The molecule has 0 atom stereocenters. The predicted molar refractivity (Wildman–Crippen MR) is 104 cm³/mol. The highest BCUT2D eigenvalue weighted by Crippen LogP contribution is 2.38. The minimum Gasteiger partial charge on any atom is -0.459 e. The van der Waals surface area contributed by atoms with Crippen LogP contribution in [0.2, 0.25) is 0 Å². The zero-order chi connectivity index (χ0) is 19.0. The lowest BCUT2D eigenvalue weighted by atomic mass is 9.99. The fourth-order valence-corrected chi connectivity index (χ4v) is 3.44. The Kier molecular flexibility index (Phi) is 4.12. The number of anilines is 1. The van der Waals surface area contributed by atoms with Crippen molar-refractivity contribution in [3.8, 4) is 0 Å². The summed E-state index contributed by atoms with van der Waals surface area (Å²) in [5.41, 5.74) is 11.4. The van der Waals surface area contributed by atoms with Crippen LogP contribution in [-0.2, 0) is 11.2 Å². The molecule has 0 radical (unpaired) electrons. The Bertz CT molecular complexity index is 1070. The SMILES string of the molecule is Cc1ccoc1C(=O)Nc1ccc(C2=C(C(N)=O)c3ccccc3C2)cc1. The van der Waals surface area contributed by atoms with Crippen molar-refractivity contribution in [1.82, 2.24) is 0 Å². The lowest BCUT2D eigenvalue weighted by Crippen LogP contribution is -2.13. The van der Waals surface area contributed by atoms with Crippen LogP contribution in [0.4, 0.5) is 5.69 Å². The first-order chi connectivity index (χ1) is 13.0. The second-order valence-electron chi connectivity index (χ2n) is 6.52. The third-order valence-electron chi connectivity index (χ3n) is 4.76. The van der Waals surface area contributed by atoms with E-state index in [9.17, 15) is 9.59 Å². The van der Waals surface area contributed by atoms with Crippen molar-refractivity contribution in [2.75, 3.05) is 5.32 Å². The molecule has 0 fully saturated rings. The number of nitrogens with two attached hydrogens (primary N) is 1. The van der Waals surface area contributed by atoms with Gasteiger partial charge in [-0.3, -0.25) is 9.59 Å². The highest BCUT2D eigenvalue weighted by molar-refractivity contribution is 6.28. The number of aryl methyl sites for hydroxylation is 1. The van der Waals surface area contributed by atoms with E-state index < -0.39 is 5.91 Å². The highest BCUT2D eigenvalue weighted by Gasteiger charge is 2.25. The van der Waals surface area contributed by atoms with Crippen molar-refractivity contribution in [3.05, 3.63) is 88.9 Å². The molecule has 0 saturated heterocycles. The molecule has 27 heavy (non-hydrogen) atoms. The Labute approximate surface area is 156 Å². The van der Waals surface area contributed by atoms with Crippen LogP contribution in [0.15, 0.2) is 65.3 Å². The van der Waals surface area contributed by atoms with Gasteiger partial charge in [0.15, 0.2) is 5.76 Å². The second-order valence-corrected chi connectivity index (χ2v) is 6.52. The molecule has 1 heterocycles. The van der Waals surface area contributed by atoms with Crippen molar-refractivity contribution < 1.29 is 14.0 Å². The normalized spacial score (nSPS) is 12.8. The minimum atomic E-state index is -0.430. The molecular formula is C22H18N2O3. The van der Waals surface area contributed by atoms with Crippen LogP contribution < -0.4 is 11.1 Å². The number of fused-ring (bicyclic) bond motifs is 1. The van der Waals surface area contributed by atoms with Crippen molar-refractivity contribution >= 4 is 28.6 Å². The number of hydrogen-bond acceptors (Lipinski definition) is 3. The van der Waals surface area contributed by atoms with Gasteiger partial charge in [-0.2, -0.15) is 0 Å². The molecule has 0 spiro atoms. The molecule has 0 bridgehead atoms. The van der Waals surface area contributed by atoms with Gasteiger partial charge in [-0.25, -0.2) is 0 Å². The number of benzene rings is 2. The van der Waals surface area contributed by atoms with Gasteiger partial charge in [0.1, 0.15) is 0 Å². The van der Waals surface area contributed by atoms with Crippen LogP contribution in [0, 0.1) is 6.92 Å². The van der Waals surface area contributed by atoms with Crippen LogP contribution in [0.3, 0.4) is 0 Å². The summed E-state index contributed by atoms with van der Waals surface area (Å²) in [5.74, 6) is -0.430. The van der Waals surface area contributed by atoms with Crippen molar-refractivity contribution in [2.24, 2.45) is 5.73 Å². The van der Waals surface area contributed by atoms with Gasteiger partial charge in [0.2, 0.25) is 5.91 Å². The third kappa shape index (κ3) is 3.04. The average molecular weight is 358 g/mol. The largest absolute Gasteiger partial charge is 0.459 e. The first kappa shape index (κ1) is 16.8. The summed E-state index contributed by atoms with van der Waals surface area (Å²) in [6.07, 6.45) is 2.15. The lowest BCUT2D eigenvalue weighted by Gasteiger charge is -2.08. The number of hydrogen-bond donors (Lipinski definition) is 2. The highest BCUT2D eigenvalue weighted by atomic mass is 16.3. The lowest BCUT2D eigenvalue weighted by molar-refractivity contribution is -0.112. The van der Waals surface area contributed by atoms with E-state index in [0.29, 0.717) is 23.4 Å². The number of nitrogens with one attached hydrogen (secondary N) is 1. The van der Waals surface area contributed by atoms with Crippen LogP contribution in [0.1, 0.15) is 32.8 Å². The topological polar surface area (TPSA) is 85.3 Å². The number of primary amides is 1. The smallest absolute Gasteiger partial charge is 0.291 e. The van der Waals surface area contributed by atoms with Crippen LogP contribution in [0.25, 0.3) is 11.1 Å². The Balaban J connectivity index is 1.61. The molecule has 1 aromatic heterocycles. The van der Waals surface area contributed by atoms with E-state index in [4.69, 9.17) is 10.2 Å². The molecule has 5 nitrogen and oxygen atoms in total. The molecule has 0 aliphatic heterocycles. The van der Waals surface area contributed by atoms with Crippen LogP contribution >= 0.6 is 0 Å². The van der Waals surface area contributed by atoms with E-state index in [1.54, 1.807) is 18.2 Å². The number of carbonyl (C=O) groups is 2. The van der Waals surface area contributed by atoms with Gasteiger partial charge in [0.25, 0.3) is 5.91 Å². The molecule has 0 saturated carbocycles. The Morgan fingerprint density at radius 3 is 2.44 bits per heavy atom. The molecule has 134 valence electrons. The maximum atomic E-state index is 12.3. The first-order valence-electron chi connectivity index (χ1n) is 8.61. The van der Waals surface area contributed by atoms with Crippen LogP contribution in [-0.4, -0.2) is 11.8 Å². The van der Waals surface area contributed by atoms with Crippen molar-refractivity contribution in [1.29, 1.82) is 0 Å². The number of rotatable bonds is 4. The van der Waals surface area contributed by atoms with E-state index in [2.05, 4.69) is 5.32 Å². The number of carbonyl (C=O) groups excluding carboxylic acids is 2. The second kappa shape index (κ2) is 6.61. The van der Waals surface area contributed by atoms with E-state index >= 15 is 0 Å². The summed E-state index contributed by atoms with van der Waals surface area (Å²) in [6, 6.07) is 16.9. The number of allylic oxidation sites excluding steroid dienone is 1. The Morgan fingerprint density at radius 2 is 1.78 bits per heavy atom. The quantitative estimate of drug-likeness (QED) is 0.744.